The molecule has 0 aromatic heterocycles. The van der Waals surface area contributed by atoms with Crippen molar-refractivity contribution >= 4 is 10.2 Å². The van der Waals surface area contributed by atoms with Crippen LogP contribution in [0, 0.1) is 0 Å². The largest absolute Gasteiger partial charge is 0.343 e. The molecule has 7 heteroatoms. The highest BCUT2D eigenvalue weighted by Gasteiger charge is 2.57. The first-order valence-corrected chi connectivity index (χ1v) is 13.1. The van der Waals surface area contributed by atoms with Crippen molar-refractivity contribution in [2.45, 2.75) is 56.8 Å². The molecule has 2 saturated heterocycles. The summed E-state index contributed by atoms with van der Waals surface area (Å²) >= 11 is 0. The molecule has 2 aliphatic heterocycles. The van der Waals surface area contributed by atoms with E-state index in [9.17, 15) is 8.42 Å². The normalized spacial score (nSPS) is 28.6. The molecule has 182 valence electrons. The molecule has 0 amide bonds. The summed E-state index contributed by atoms with van der Waals surface area (Å²) in [6, 6.07) is 18.9. The zero-order valence-corrected chi connectivity index (χ0v) is 20.7. The van der Waals surface area contributed by atoms with Gasteiger partial charge in [0.2, 0.25) is 0 Å². The van der Waals surface area contributed by atoms with Crippen LogP contribution in [0.4, 0.5) is 0 Å². The molecule has 2 aliphatic rings. The van der Waals surface area contributed by atoms with Crippen molar-refractivity contribution in [3.8, 4) is 0 Å². The SMILES string of the molecule is C=CCN1[C@H](Cc2ccccc2)[C@@H]2OC(C)(C)O[C@H]2[C@@H](Cc2ccccc2)N(CC=C)S1(=O)=O. The highest BCUT2D eigenvalue weighted by atomic mass is 32.2. The van der Waals surface area contributed by atoms with Crippen molar-refractivity contribution in [1.82, 2.24) is 8.61 Å². The van der Waals surface area contributed by atoms with E-state index in [1.165, 1.54) is 8.61 Å². The Kier molecular flexibility index (Phi) is 7.40. The lowest BCUT2D eigenvalue weighted by Crippen LogP contribution is -2.52. The van der Waals surface area contributed by atoms with E-state index >= 15 is 0 Å². The number of ether oxygens (including phenoxy) is 2. The summed E-state index contributed by atoms with van der Waals surface area (Å²) < 4.78 is 44.3. The number of rotatable bonds is 8. The molecular weight excluding hydrogens is 448 g/mol. The maximum atomic E-state index is 14.2. The Balaban J connectivity index is 1.85. The van der Waals surface area contributed by atoms with Gasteiger partial charge in [-0.05, 0) is 37.8 Å². The van der Waals surface area contributed by atoms with Crippen LogP contribution in [-0.2, 0) is 32.5 Å². The molecule has 0 bridgehead atoms. The van der Waals surface area contributed by atoms with E-state index in [-0.39, 0.29) is 13.1 Å². The summed E-state index contributed by atoms with van der Waals surface area (Å²) in [6.45, 7) is 11.8. The third-order valence-electron chi connectivity index (χ3n) is 6.45. The van der Waals surface area contributed by atoms with Crippen molar-refractivity contribution in [2.24, 2.45) is 0 Å². The van der Waals surface area contributed by atoms with Crippen LogP contribution in [0.2, 0.25) is 0 Å². The van der Waals surface area contributed by atoms with Gasteiger partial charge in [0.25, 0.3) is 10.2 Å². The number of benzene rings is 2. The fourth-order valence-electron chi connectivity index (χ4n) is 5.08. The standard InChI is InChI=1S/C27H34N2O4S/c1-5-17-28-23(19-21-13-9-7-10-14-21)25-26(33-27(3,4)32-25)24(20-22-15-11-8-12-16-22)29(18-6-2)34(28,30)31/h5-16,23-26H,1-2,17-20H2,3-4H3/t23-,24-,25+,26+/m1/s1. The second-order valence-electron chi connectivity index (χ2n) is 9.30. The van der Waals surface area contributed by atoms with Gasteiger partial charge < -0.3 is 9.47 Å². The average Bonchev–Trinajstić information content (AvgIpc) is 3.12. The molecule has 0 aliphatic carbocycles. The molecule has 34 heavy (non-hydrogen) atoms. The van der Waals surface area contributed by atoms with Crippen molar-refractivity contribution in [2.75, 3.05) is 13.1 Å². The van der Waals surface area contributed by atoms with E-state index < -0.39 is 40.3 Å². The minimum Gasteiger partial charge on any atom is -0.343 e. The fraction of sp³-hybridized carbons (Fsp3) is 0.407. The first-order valence-electron chi connectivity index (χ1n) is 11.7. The van der Waals surface area contributed by atoms with E-state index in [1.807, 2.05) is 74.5 Å². The molecule has 2 fully saturated rings. The van der Waals surface area contributed by atoms with E-state index in [1.54, 1.807) is 12.2 Å². The maximum Gasteiger partial charge on any atom is 0.283 e. The van der Waals surface area contributed by atoms with Gasteiger partial charge in [0.15, 0.2) is 5.79 Å². The molecule has 0 saturated carbocycles. The Morgan fingerprint density at radius 2 is 1.18 bits per heavy atom. The summed E-state index contributed by atoms with van der Waals surface area (Å²) in [6.07, 6.45) is 3.38. The smallest absolute Gasteiger partial charge is 0.283 e. The van der Waals surface area contributed by atoms with Gasteiger partial charge in [-0.3, -0.25) is 0 Å². The Bertz CT molecular complexity index is 1010. The third-order valence-corrected chi connectivity index (χ3v) is 8.47. The van der Waals surface area contributed by atoms with Crippen molar-refractivity contribution < 1.29 is 17.9 Å². The third kappa shape index (κ3) is 5.04. The van der Waals surface area contributed by atoms with Gasteiger partial charge in [0.05, 0.1) is 12.1 Å². The Morgan fingerprint density at radius 1 is 0.794 bits per heavy atom. The predicted octanol–water partition coefficient (Wildman–Crippen LogP) is 3.96. The van der Waals surface area contributed by atoms with Gasteiger partial charge in [-0.15, -0.1) is 13.2 Å². The Morgan fingerprint density at radius 3 is 1.53 bits per heavy atom. The van der Waals surface area contributed by atoms with Crippen molar-refractivity contribution in [3.05, 3.63) is 97.1 Å². The average molecular weight is 483 g/mol. The number of nitrogens with zero attached hydrogens (tertiary/aromatic N) is 2. The van der Waals surface area contributed by atoms with Crippen LogP contribution < -0.4 is 0 Å². The van der Waals surface area contributed by atoms with Gasteiger partial charge in [-0.25, -0.2) is 0 Å². The topological polar surface area (TPSA) is 59.1 Å². The molecule has 0 N–H and O–H groups in total. The molecule has 0 radical (unpaired) electrons. The first-order chi connectivity index (χ1) is 16.3. The molecule has 2 aromatic carbocycles. The van der Waals surface area contributed by atoms with Gasteiger partial charge in [0.1, 0.15) is 12.2 Å². The lowest BCUT2D eigenvalue weighted by atomic mass is 9.91. The second-order valence-corrected chi connectivity index (χ2v) is 11.1. The lowest BCUT2D eigenvalue weighted by Gasteiger charge is -2.35. The van der Waals surface area contributed by atoms with E-state index in [0.29, 0.717) is 12.8 Å². The zero-order chi connectivity index (χ0) is 24.3. The zero-order valence-electron chi connectivity index (χ0n) is 19.9. The summed E-state index contributed by atoms with van der Waals surface area (Å²) in [5.74, 6) is -0.833. The van der Waals surface area contributed by atoms with Crippen LogP contribution in [0.3, 0.4) is 0 Å². The second kappa shape index (κ2) is 10.1. The molecule has 6 nitrogen and oxygen atoms in total. The summed E-state index contributed by atoms with van der Waals surface area (Å²) in [7, 11) is -3.88. The Labute approximate surface area is 203 Å². The molecule has 0 unspecified atom stereocenters. The lowest BCUT2D eigenvalue weighted by molar-refractivity contribution is -0.154. The van der Waals surface area contributed by atoms with E-state index in [2.05, 4.69) is 13.2 Å². The number of fused-ring (bicyclic) bond motifs is 1. The molecule has 4 atom stereocenters. The van der Waals surface area contributed by atoms with Gasteiger partial charge in [-0.1, -0.05) is 72.8 Å². The quantitative estimate of drug-likeness (QED) is 0.535. The number of hydrogen-bond donors (Lipinski definition) is 0. The van der Waals surface area contributed by atoms with Crippen LogP contribution in [-0.4, -0.2) is 60.2 Å². The van der Waals surface area contributed by atoms with E-state index in [4.69, 9.17) is 9.47 Å². The van der Waals surface area contributed by atoms with Crippen LogP contribution in [0.5, 0.6) is 0 Å². The highest BCUT2D eigenvalue weighted by molar-refractivity contribution is 7.86. The molecular formula is C27H34N2O4S. The Hall–Kier alpha value is -2.29. The molecule has 2 aromatic rings. The van der Waals surface area contributed by atoms with Crippen LogP contribution in [0.15, 0.2) is 86.0 Å². The minimum atomic E-state index is -3.88. The summed E-state index contributed by atoms with van der Waals surface area (Å²) in [5.41, 5.74) is 2.08. The van der Waals surface area contributed by atoms with Crippen LogP contribution in [0.25, 0.3) is 0 Å². The summed E-state index contributed by atoms with van der Waals surface area (Å²) in [5, 5.41) is 0. The monoisotopic (exact) mass is 482 g/mol. The molecule has 4 rings (SSSR count). The molecule has 2 heterocycles. The van der Waals surface area contributed by atoms with Crippen molar-refractivity contribution in [1.29, 1.82) is 0 Å². The van der Waals surface area contributed by atoms with Gasteiger partial charge >= 0.3 is 0 Å². The van der Waals surface area contributed by atoms with Crippen molar-refractivity contribution in [3.63, 3.8) is 0 Å². The van der Waals surface area contributed by atoms with Crippen LogP contribution >= 0.6 is 0 Å². The highest BCUT2D eigenvalue weighted by Crippen LogP contribution is 2.41. The van der Waals surface area contributed by atoms with Crippen LogP contribution in [0.1, 0.15) is 25.0 Å². The fourth-order valence-corrected chi connectivity index (χ4v) is 7.01. The molecule has 0 spiro atoms. The van der Waals surface area contributed by atoms with Gasteiger partial charge in [-0.2, -0.15) is 17.0 Å². The summed E-state index contributed by atoms with van der Waals surface area (Å²) in [4.78, 5) is 0. The predicted molar refractivity (Wildman–Crippen MR) is 134 cm³/mol. The van der Waals surface area contributed by atoms with Gasteiger partial charge in [0, 0.05) is 13.1 Å². The minimum absolute atomic E-state index is 0.179. The number of hydrogen-bond acceptors (Lipinski definition) is 4. The van der Waals surface area contributed by atoms with E-state index in [0.717, 1.165) is 11.1 Å². The first kappa shape index (κ1) is 24.8. The maximum absolute atomic E-state index is 14.2.